The molecular weight excluding hydrogens is 424 g/mol. The predicted octanol–water partition coefficient (Wildman–Crippen LogP) is 1.98. The van der Waals surface area contributed by atoms with Gasteiger partial charge < -0.3 is 29.7 Å². The molecule has 0 bridgehead atoms. The first-order chi connectivity index (χ1) is 16.0. The fourth-order valence-electron chi connectivity index (χ4n) is 3.78. The van der Waals surface area contributed by atoms with Crippen molar-refractivity contribution in [2.24, 2.45) is 0 Å². The summed E-state index contributed by atoms with van der Waals surface area (Å²) in [5.74, 6) is 0.466. The first-order valence-corrected chi connectivity index (χ1v) is 11.0. The Morgan fingerprint density at radius 2 is 1.61 bits per heavy atom. The first-order valence-electron chi connectivity index (χ1n) is 11.0. The van der Waals surface area contributed by atoms with Gasteiger partial charge in [0.2, 0.25) is 0 Å². The molecular formula is C24H32N4O5. The standard InChI is InChI=1S/C24H32N4O5/c1-31-18-9-10-21(32-2)19(17-18)26-24(30)23(29)25-11-6-12-27-13-15-28(16-14-27)20-7-4-5-8-22(20)33-3/h4-5,7-10,17H,6,11-16H2,1-3H3,(H,25,29)(H,26,30). The fourth-order valence-corrected chi connectivity index (χ4v) is 3.78. The van der Waals surface area contributed by atoms with Gasteiger partial charge in [0.25, 0.3) is 0 Å². The van der Waals surface area contributed by atoms with Crippen molar-refractivity contribution in [3.63, 3.8) is 0 Å². The van der Waals surface area contributed by atoms with Gasteiger partial charge in [-0.2, -0.15) is 0 Å². The van der Waals surface area contributed by atoms with Crippen LogP contribution in [0.5, 0.6) is 17.2 Å². The van der Waals surface area contributed by atoms with Crippen LogP contribution in [0.4, 0.5) is 11.4 Å². The average Bonchev–Trinajstić information content (AvgIpc) is 2.86. The summed E-state index contributed by atoms with van der Waals surface area (Å²) >= 11 is 0. The van der Waals surface area contributed by atoms with E-state index in [1.165, 1.54) is 14.2 Å². The maximum absolute atomic E-state index is 12.3. The number of rotatable bonds is 9. The number of anilines is 2. The Balaban J connectivity index is 1.38. The van der Waals surface area contributed by atoms with Gasteiger partial charge in [-0.15, -0.1) is 0 Å². The molecule has 1 fully saturated rings. The van der Waals surface area contributed by atoms with Gasteiger partial charge in [-0.3, -0.25) is 14.5 Å². The van der Waals surface area contributed by atoms with Crippen LogP contribution in [0.2, 0.25) is 0 Å². The molecule has 0 spiro atoms. The van der Waals surface area contributed by atoms with Gasteiger partial charge in [-0.05, 0) is 37.2 Å². The average molecular weight is 457 g/mol. The molecule has 1 aliphatic rings. The molecule has 178 valence electrons. The zero-order valence-electron chi connectivity index (χ0n) is 19.4. The summed E-state index contributed by atoms with van der Waals surface area (Å²) in [5.41, 5.74) is 1.50. The zero-order chi connectivity index (χ0) is 23.6. The molecule has 0 radical (unpaired) electrons. The van der Waals surface area contributed by atoms with Gasteiger partial charge in [0.1, 0.15) is 17.2 Å². The third-order valence-electron chi connectivity index (χ3n) is 5.60. The molecule has 33 heavy (non-hydrogen) atoms. The molecule has 0 saturated carbocycles. The highest BCUT2D eigenvalue weighted by atomic mass is 16.5. The van der Waals surface area contributed by atoms with Crippen LogP contribution in [0.1, 0.15) is 6.42 Å². The van der Waals surface area contributed by atoms with Gasteiger partial charge in [-0.1, -0.05) is 12.1 Å². The molecule has 9 nitrogen and oxygen atoms in total. The van der Waals surface area contributed by atoms with E-state index >= 15 is 0 Å². The van der Waals surface area contributed by atoms with E-state index in [-0.39, 0.29) is 0 Å². The maximum atomic E-state index is 12.3. The second kappa shape index (κ2) is 12.0. The van der Waals surface area contributed by atoms with Gasteiger partial charge >= 0.3 is 11.8 Å². The molecule has 0 atom stereocenters. The Morgan fingerprint density at radius 1 is 0.879 bits per heavy atom. The minimum atomic E-state index is -0.744. The third-order valence-corrected chi connectivity index (χ3v) is 5.60. The minimum absolute atomic E-state index is 0.380. The summed E-state index contributed by atoms with van der Waals surface area (Å²) in [6.45, 7) is 4.97. The van der Waals surface area contributed by atoms with Gasteiger partial charge in [0, 0.05) is 38.8 Å². The molecule has 0 aromatic heterocycles. The highest BCUT2D eigenvalue weighted by Crippen LogP contribution is 2.29. The Bertz CT molecular complexity index is 944. The number of benzene rings is 2. The topological polar surface area (TPSA) is 92.4 Å². The Labute approximate surface area is 194 Å². The summed E-state index contributed by atoms with van der Waals surface area (Å²) in [7, 11) is 4.71. The summed E-state index contributed by atoms with van der Waals surface area (Å²) < 4.78 is 15.8. The van der Waals surface area contributed by atoms with Crippen LogP contribution in [-0.2, 0) is 9.59 Å². The monoisotopic (exact) mass is 456 g/mol. The van der Waals surface area contributed by atoms with Crippen molar-refractivity contribution in [3.8, 4) is 17.2 Å². The van der Waals surface area contributed by atoms with Crippen LogP contribution in [0, 0.1) is 0 Å². The lowest BCUT2D eigenvalue weighted by atomic mass is 10.2. The fraction of sp³-hybridized carbons (Fsp3) is 0.417. The molecule has 2 aromatic carbocycles. The smallest absolute Gasteiger partial charge is 0.313 e. The molecule has 1 saturated heterocycles. The summed E-state index contributed by atoms with van der Waals surface area (Å²) in [6.07, 6.45) is 0.760. The molecule has 2 amide bonds. The van der Waals surface area contributed by atoms with E-state index in [1.807, 2.05) is 18.2 Å². The third kappa shape index (κ3) is 6.52. The summed E-state index contributed by atoms with van der Waals surface area (Å²) in [5, 5.41) is 5.26. The number of hydrogen-bond acceptors (Lipinski definition) is 7. The van der Waals surface area contributed by atoms with Crippen molar-refractivity contribution in [1.82, 2.24) is 10.2 Å². The quantitative estimate of drug-likeness (QED) is 0.440. The van der Waals surface area contributed by atoms with Crippen LogP contribution in [0.15, 0.2) is 42.5 Å². The molecule has 9 heteroatoms. The number of hydrogen-bond donors (Lipinski definition) is 2. The lowest BCUT2D eigenvalue weighted by Gasteiger charge is -2.36. The Kier molecular flexibility index (Phi) is 8.77. The van der Waals surface area contributed by atoms with E-state index in [2.05, 4.69) is 26.5 Å². The van der Waals surface area contributed by atoms with Crippen molar-refractivity contribution in [3.05, 3.63) is 42.5 Å². The second-order valence-corrected chi connectivity index (χ2v) is 7.63. The van der Waals surface area contributed by atoms with E-state index < -0.39 is 11.8 Å². The normalized spacial score (nSPS) is 13.8. The highest BCUT2D eigenvalue weighted by molar-refractivity contribution is 6.39. The molecule has 1 heterocycles. The molecule has 2 N–H and O–H groups in total. The van der Waals surface area contributed by atoms with Crippen LogP contribution in [0.25, 0.3) is 0 Å². The lowest BCUT2D eigenvalue weighted by Crippen LogP contribution is -2.47. The minimum Gasteiger partial charge on any atom is -0.497 e. The number of ether oxygens (including phenoxy) is 3. The van der Waals surface area contributed by atoms with E-state index in [4.69, 9.17) is 14.2 Å². The maximum Gasteiger partial charge on any atom is 0.313 e. The van der Waals surface area contributed by atoms with Crippen LogP contribution >= 0.6 is 0 Å². The van der Waals surface area contributed by atoms with E-state index in [1.54, 1.807) is 25.3 Å². The van der Waals surface area contributed by atoms with Crippen LogP contribution in [-0.4, -0.2) is 77.3 Å². The molecule has 3 rings (SSSR count). The number of amides is 2. The van der Waals surface area contributed by atoms with E-state index in [0.717, 1.165) is 50.6 Å². The van der Waals surface area contributed by atoms with Crippen molar-refractivity contribution in [2.75, 3.05) is 70.8 Å². The van der Waals surface area contributed by atoms with Gasteiger partial charge in [-0.25, -0.2) is 0 Å². The van der Waals surface area contributed by atoms with Crippen LogP contribution in [0.3, 0.4) is 0 Å². The molecule has 1 aliphatic heterocycles. The Hall–Kier alpha value is -3.46. The second-order valence-electron chi connectivity index (χ2n) is 7.63. The number of methoxy groups -OCH3 is 3. The summed E-state index contributed by atoms with van der Waals surface area (Å²) in [4.78, 5) is 29.1. The van der Waals surface area contributed by atoms with Crippen molar-refractivity contribution in [1.29, 1.82) is 0 Å². The highest BCUT2D eigenvalue weighted by Gasteiger charge is 2.20. The lowest BCUT2D eigenvalue weighted by molar-refractivity contribution is -0.136. The van der Waals surface area contributed by atoms with Crippen molar-refractivity contribution in [2.45, 2.75) is 6.42 Å². The number of nitrogens with one attached hydrogen (secondary N) is 2. The predicted molar refractivity (Wildman–Crippen MR) is 127 cm³/mol. The largest absolute Gasteiger partial charge is 0.497 e. The Morgan fingerprint density at radius 3 is 2.30 bits per heavy atom. The van der Waals surface area contributed by atoms with Gasteiger partial charge in [0.15, 0.2) is 0 Å². The molecule has 0 unspecified atom stereocenters. The number of para-hydroxylation sites is 2. The van der Waals surface area contributed by atoms with Crippen molar-refractivity contribution >= 4 is 23.2 Å². The number of carbonyl (C=O) groups is 2. The number of carbonyl (C=O) groups excluding carboxylic acids is 2. The van der Waals surface area contributed by atoms with E-state index in [0.29, 0.717) is 23.7 Å². The van der Waals surface area contributed by atoms with Crippen LogP contribution < -0.4 is 29.7 Å². The van der Waals surface area contributed by atoms with Gasteiger partial charge in [0.05, 0.1) is 32.7 Å². The summed E-state index contributed by atoms with van der Waals surface area (Å²) in [6, 6.07) is 13.0. The number of nitrogens with zero attached hydrogens (tertiary/aromatic N) is 2. The number of piperazine rings is 1. The molecule has 0 aliphatic carbocycles. The SMILES string of the molecule is COc1ccc(OC)c(NC(=O)C(=O)NCCCN2CCN(c3ccccc3OC)CC2)c1. The van der Waals surface area contributed by atoms with Crippen molar-refractivity contribution < 1.29 is 23.8 Å². The zero-order valence-corrected chi connectivity index (χ0v) is 19.4. The van der Waals surface area contributed by atoms with E-state index in [9.17, 15) is 9.59 Å². The first kappa shape index (κ1) is 24.2. The molecule has 2 aromatic rings.